The molecule has 17 heavy (non-hydrogen) atoms. The maximum Gasteiger partial charge on any atom is 0.231 e. The van der Waals surface area contributed by atoms with Gasteiger partial charge in [-0.3, -0.25) is 9.69 Å². The minimum Gasteiger partial charge on any atom is -0.369 e. The highest BCUT2D eigenvalue weighted by Gasteiger charge is 2.15. The molecule has 0 saturated heterocycles. The van der Waals surface area contributed by atoms with Crippen molar-refractivity contribution < 1.29 is 14.3 Å². The average Bonchev–Trinajstić information content (AvgIpc) is 2.23. The van der Waals surface area contributed by atoms with Crippen LogP contribution in [0.4, 0.5) is 0 Å². The molecule has 0 saturated carbocycles. The third-order valence-electron chi connectivity index (χ3n) is 2.45. The van der Waals surface area contributed by atoms with E-state index in [4.69, 9.17) is 15.2 Å². The number of nitrogens with zero attached hydrogens (tertiary/aromatic N) is 1. The van der Waals surface area contributed by atoms with Crippen molar-refractivity contribution in [2.75, 3.05) is 26.3 Å². The van der Waals surface area contributed by atoms with Gasteiger partial charge in [-0.2, -0.15) is 0 Å². The van der Waals surface area contributed by atoms with E-state index in [1.807, 2.05) is 32.6 Å². The van der Waals surface area contributed by atoms with E-state index in [9.17, 15) is 4.79 Å². The molecule has 0 fully saturated rings. The smallest absolute Gasteiger partial charge is 0.231 e. The summed E-state index contributed by atoms with van der Waals surface area (Å²) in [6.45, 7) is 10.2. The summed E-state index contributed by atoms with van der Waals surface area (Å²) in [5, 5.41) is 0. The van der Waals surface area contributed by atoms with E-state index in [0.29, 0.717) is 13.2 Å². The van der Waals surface area contributed by atoms with Crippen LogP contribution in [0, 0.1) is 0 Å². The van der Waals surface area contributed by atoms with Crippen molar-refractivity contribution in [3.63, 3.8) is 0 Å². The monoisotopic (exact) mass is 246 g/mol. The first-order chi connectivity index (χ1) is 8.01. The van der Waals surface area contributed by atoms with Crippen LogP contribution in [-0.2, 0) is 14.3 Å². The summed E-state index contributed by atoms with van der Waals surface area (Å²) in [6.07, 6.45) is 0.548. The Hall–Kier alpha value is -0.650. The van der Waals surface area contributed by atoms with Crippen LogP contribution in [0.25, 0.3) is 0 Å². The molecule has 0 atom stereocenters. The van der Waals surface area contributed by atoms with Crippen LogP contribution in [-0.4, -0.2) is 49.4 Å². The molecule has 102 valence electrons. The molecule has 0 heterocycles. The fourth-order valence-corrected chi connectivity index (χ4v) is 1.58. The Morgan fingerprint density at radius 2 is 1.76 bits per heavy atom. The first kappa shape index (κ1) is 16.4. The number of amides is 1. The molecule has 0 spiro atoms. The summed E-state index contributed by atoms with van der Waals surface area (Å²) in [5.74, 6) is -0.303. The van der Waals surface area contributed by atoms with Gasteiger partial charge in [0.25, 0.3) is 0 Å². The minimum absolute atomic E-state index is 0.195. The van der Waals surface area contributed by atoms with Gasteiger partial charge in [-0.25, -0.2) is 0 Å². The summed E-state index contributed by atoms with van der Waals surface area (Å²) < 4.78 is 10.9. The minimum atomic E-state index is -0.303. The van der Waals surface area contributed by atoms with Gasteiger partial charge < -0.3 is 15.2 Å². The highest BCUT2D eigenvalue weighted by Crippen LogP contribution is 2.06. The fraction of sp³-hybridized carbons (Fsp3) is 0.917. The quantitative estimate of drug-likeness (QED) is 0.583. The van der Waals surface area contributed by atoms with Gasteiger partial charge in [-0.05, 0) is 27.7 Å². The summed E-state index contributed by atoms with van der Waals surface area (Å²) >= 11 is 0. The lowest BCUT2D eigenvalue weighted by Gasteiger charge is -2.27. The number of carbonyl (C=O) groups is 1. The Balaban J connectivity index is 4.10. The molecule has 0 bridgehead atoms. The fourth-order valence-electron chi connectivity index (χ4n) is 1.58. The zero-order valence-electron chi connectivity index (χ0n) is 11.4. The van der Waals surface area contributed by atoms with Crippen LogP contribution in [0.2, 0.25) is 0 Å². The van der Waals surface area contributed by atoms with Gasteiger partial charge in [0.1, 0.15) is 0 Å². The maximum absolute atomic E-state index is 10.9. The standard InChI is InChI=1S/C12H26N2O3/c1-5-16-12(17-6-2)7-8-14(10(3)4)9-11(13)15/h10,12H,5-9H2,1-4H3,(H2,13,15). The number of hydrogen-bond acceptors (Lipinski definition) is 4. The summed E-state index contributed by atoms with van der Waals surface area (Å²) in [6, 6.07) is 0.284. The molecule has 0 aliphatic carbocycles. The van der Waals surface area contributed by atoms with Crippen LogP contribution < -0.4 is 5.73 Å². The van der Waals surface area contributed by atoms with E-state index in [0.717, 1.165) is 13.0 Å². The van der Waals surface area contributed by atoms with E-state index in [1.54, 1.807) is 0 Å². The Morgan fingerprint density at radius 3 is 2.12 bits per heavy atom. The van der Waals surface area contributed by atoms with Crippen LogP contribution in [0.3, 0.4) is 0 Å². The van der Waals surface area contributed by atoms with Gasteiger partial charge in [0, 0.05) is 32.2 Å². The van der Waals surface area contributed by atoms with Gasteiger partial charge in [0.2, 0.25) is 5.91 Å². The molecule has 0 aromatic heterocycles. The van der Waals surface area contributed by atoms with E-state index in [-0.39, 0.29) is 24.8 Å². The number of hydrogen-bond donors (Lipinski definition) is 1. The predicted molar refractivity (Wildman–Crippen MR) is 67.6 cm³/mol. The third kappa shape index (κ3) is 8.12. The van der Waals surface area contributed by atoms with Crippen LogP contribution in [0.1, 0.15) is 34.1 Å². The summed E-state index contributed by atoms with van der Waals surface area (Å²) in [5.41, 5.74) is 5.21. The lowest BCUT2D eigenvalue weighted by molar-refractivity contribution is -0.143. The van der Waals surface area contributed by atoms with Crippen LogP contribution in [0.5, 0.6) is 0 Å². The molecule has 0 aromatic carbocycles. The molecule has 0 unspecified atom stereocenters. The third-order valence-corrected chi connectivity index (χ3v) is 2.45. The molecule has 1 amide bonds. The number of primary amides is 1. The van der Waals surface area contributed by atoms with Crippen molar-refractivity contribution in [1.29, 1.82) is 0 Å². The second kappa shape index (κ2) is 9.39. The number of carbonyl (C=O) groups excluding carboxylic acids is 1. The molecule has 0 rings (SSSR count). The number of ether oxygens (including phenoxy) is 2. The molecule has 2 N–H and O–H groups in total. The highest BCUT2D eigenvalue weighted by atomic mass is 16.7. The summed E-state index contributed by atoms with van der Waals surface area (Å²) in [4.78, 5) is 12.9. The Morgan fingerprint density at radius 1 is 1.24 bits per heavy atom. The lowest BCUT2D eigenvalue weighted by Crippen LogP contribution is -2.40. The second-order valence-corrected chi connectivity index (χ2v) is 4.16. The normalized spacial score (nSPS) is 11.7. The Bertz CT molecular complexity index is 204. The SMILES string of the molecule is CCOC(CCN(CC(N)=O)C(C)C)OCC. The zero-order valence-corrected chi connectivity index (χ0v) is 11.4. The Labute approximate surface area is 104 Å². The summed E-state index contributed by atoms with van der Waals surface area (Å²) in [7, 11) is 0. The molecule has 0 aromatic rings. The zero-order chi connectivity index (χ0) is 13.3. The molecule has 5 nitrogen and oxygen atoms in total. The van der Waals surface area contributed by atoms with Crippen LogP contribution >= 0.6 is 0 Å². The first-order valence-corrected chi connectivity index (χ1v) is 6.26. The van der Waals surface area contributed by atoms with Crippen molar-refractivity contribution in [1.82, 2.24) is 4.90 Å². The van der Waals surface area contributed by atoms with Crippen molar-refractivity contribution in [3.8, 4) is 0 Å². The van der Waals surface area contributed by atoms with Crippen molar-refractivity contribution >= 4 is 5.91 Å². The van der Waals surface area contributed by atoms with E-state index in [1.165, 1.54) is 0 Å². The lowest BCUT2D eigenvalue weighted by atomic mass is 10.2. The predicted octanol–water partition coefficient (Wildman–Crippen LogP) is 0.971. The van der Waals surface area contributed by atoms with Gasteiger partial charge >= 0.3 is 0 Å². The van der Waals surface area contributed by atoms with Crippen molar-refractivity contribution in [3.05, 3.63) is 0 Å². The average molecular weight is 246 g/mol. The van der Waals surface area contributed by atoms with Gasteiger partial charge in [-0.15, -0.1) is 0 Å². The molecule has 0 radical (unpaired) electrons. The molecular weight excluding hydrogens is 220 g/mol. The van der Waals surface area contributed by atoms with Crippen molar-refractivity contribution in [2.24, 2.45) is 5.73 Å². The molecule has 0 aliphatic rings. The van der Waals surface area contributed by atoms with Gasteiger partial charge in [0.05, 0.1) is 6.54 Å². The topological polar surface area (TPSA) is 64.8 Å². The largest absolute Gasteiger partial charge is 0.369 e. The van der Waals surface area contributed by atoms with Crippen LogP contribution in [0.15, 0.2) is 0 Å². The van der Waals surface area contributed by atoms with Gasteiger partial charge in [0.15, 0.2) is 6.29 Å². The molecule has 0 aliphatic heterocycles. The molecular formula is C12H26N2O3. The van der Waals surface area contributed by atoms with E-state index < -0.39 is 0 Å². The van der Waals surface area contributed by atoms with E-state index >= 15 is 0 Å². The second-order valence-electron chi connectivity index (χ2n) is 4.16. The first-order valence-electron chi connectivity index (χ1n) is 6.26. The number of nitrogens with two attached hydrogens (primary N) is 1. The number of rotatable bonds is 10. The molecule has 5 heteroatoms. The van der Waals surface area contributed by atoms with Gasteiger partial charge in [-0.1, -0.05) is 0 Å². The maximum atomic E-state index is 10.9. The van der Waals surface area contributed by atoms with Crippen molar-refractivity contribution in [2.45, 2.75) is 46.4 Å². The highest BCUT2D eigenvalue weighted by molar-refractivity contribution is 5.75. The Kier molecular flexibility index (Phi) is 9.03. The van der Waals surface area contributed by atoms with E-state index in [2.05, 4.69) is 0 Å².